The zero-order valence-corrected chi connectivity index (χ0v) is 23.4. The second-order valence-corrected chi connectivity index (χ2v) is 10.9. The van der Waals surface area contributed by atoms with Crippen LogP contribution in [0.1, 0.15) is 0 Å². The number of para-hydroxylation sites is 2. The van der Waals surface area contributed by atoms with E-state index in [-0.39, 0.29) is 11.8 Å². The second kappa shape index (κ2) is 13.7. The topological polar surface area (TPSA) is 40.6 Å². The highest BCUT2D eigenvalue weighted by Crippen LogP contribution is 2.32. The maximum Gasteiger partial charge on any atom is 0.241 e. The Kier molecular flexibility index (Phi) is 9.35. The third-order valence-electron chi connectivity index (χ3n) is 6.10. The molecule has 0 saturated carbocycles. The number of amides is 2. The van der Waals surface area contributed by atoms with Crippen molar-refractivity contribution in [2.75, 3.05) is 21.3 Å². The molecule has 0 heterocycles. The van der Waals surface area contributed by atoms with Gasteiger partial charge in [-0.25, -0.2) is 0 Å². The molecule has 0 aromatic heterocycles. The number of carbonyl (C=O) groups is 2. The Hall–Kier alpha value is -4.26. The number of hydrogen-bond donors (Lipinski definition) is 0. The first-order valence-electron chi connectivity index (χ1n) is 12.9. The van der Waals surface area contributed by atoms with Gasteiger partial charge in [-0.1, -0.05) is 72.8 Å². The highest BCUT2D eigenvalue weighted by molar-refractivity contribution is 8.00. The van der Waals surface area contributed by atoms with Crippen LogP contribution in [0.25, 0.3) is 0 Å². The fourth-order valence-corrected chi connectivity index (χ4v) is 5.77. The molecule has 0 bridgehead atoms. The van der Waals surface area contributed by atoms with E-state index in [1.165, 1.54) is 23.5 Å². The lowest BCUT2D eigenvalue weighted by Crippen LogP contribution is -2.29. The zero-order chi connectivity index (χ0) is 27.6. The molecule has 0 atom stereocenters. The first-order valence-corrected chi connectivity index (χ1v) is 14.9. The smallest absolute Gasteiger partial charge is 0.241 e. The van der Waals surface area contributed by atoms with Crippen LogP contribution < -0.4 is 9.80 Å². The molecule has 0 saturated heterocycles. The first kappa shape index (κ1) is 27.3. The largest absolute Gasteiger partial charge is 0.280 e. The van der Waals surface area contributed by atoms with Gasteiger partial charge in [0.15, 0.2) is 0 Å². The summed E-state index contributed by atoms with van der Waals surface area (Å²) in [6, 6.07) is 46.7. The first-order chi connectivity index (χ1) is 19.7. The molecule has 4 nitrogen and oxygen atoms in total. The van der Waals surface area contributed by atoms with Gasteiger partial charge in [-0.05, 0) is 72.8 Å². The van der Waals surface area contributed by atoms with Crippen LogP contribution in [0.4, 0.5) is 22.7 Å². The van der Waals surface area contributed by atoms with E-state index in [0.29, 0.717) is 11.5 Å². The fourth-order valence-electron chi connectivity index (χ4n) is 4.23. The minimum Gasteiger partial charge on any atom is -0.280 e. The highest BCUT2D eigenvalue weighted by Gasteiger charge is 2.21. The second-order valence-electron chi connectivity index (χ2n) is 8.85. The van der Waals surface area contributed by atoms with E-state index in [2.05, 4.69) is 0 Å². The summed E-state index contributed by atoms with van der Waals surface area (Å²) >= 11 is 3.03. The average Bonchev–Trinajstić information content (AvgIpc) is 3.02. The Morgan fingerprint density at radius 3 is 1.00 bits per heavy atom. The molecule has 0 radical (unpaired) electrons. The molecular formula is C34H28N2O2S2. The van der Waals surface area contributed by atoms with E-state index < -0.39 is 0 Å². The maximum absolute atomic E-state index is 13.5. The van der Waals surface area contributed by atoms with Gasteiger partial charge in [-0.2, -0.15) is 0 Å². The van der Waals surface area contributed by atoms with E-state index in [4.69, 9.17) is 0 Å². The SMILES string of the molecule is O=C(CSc1ccccc1)N(c1ccccc1)c1ccc(N(C(=O)CSc2ccccc2)c2ccccc2)cc1. The Morgan fingerprint density at radius 2 is 0.675 bits per heavy atom. The van der Waals surface area contributed by atoms with Gasteiger partial charge in [0.25, 0.3) is 0 Å². The van der Waals surface area contributed by atoms with E-state index in [9.17, 15) is 9.59 Å². The van der Waals surface area contributed by atoms with Crippen molar-refractivity contribution < 1.29 is 9.59 Å². The predicted molar refractivity (Wildman–Crippen MR) is 168 cm³/mol. The Balaban J connectivity index is 1.40. The van der Waals surface area contributed by atoms with Gasteiger partial charge in [-0.15, -0.1) is 23.5 Å². The van der Waals surface area contributed by atoms with Gasteiger partial charge in [0.2, 0.25) is 11.8 Å². The summed E-state index contributed by atoms with van der Waals surface area (Å²) in [4.78, 5) is 32.6. The Bertz CT molecular complexity index is 1400. The average molecular weight is 561 g/mol. The third kappa shape index (κ3) is 7.03. The molecule has 0 aliphatic heterocycles. The Morgan fingerprint density at radius 1 is 0.400 bits per heavy atom. The minimum atomic E-state index is -0.0249. The highest BCUT2D eigenvalue weighted by atomic mass is 32.2. The normalized spacial score (nSPS) is 10.6. The van der Waals surface area contributed by atoms with Gasteiger partial charge in [0.05, 0.1) is 11.5 Å². The van der Waals surface area contributed by atoms with Gasteiger partial charge in [0, 0.05) is 32.5 Å². The van der Waals surface area contributed by atoms with Gasteiger partial charge in [-0.3, -0.25) is 19.4 Å². The van der Waals surface area contributed by atoms with E-state index in [0.717, 1.165) is 32.5 Å². The summed E-state index contributed by atoms with van der Waals surface area (Å²) in [6.45, 7) is 0. The van der Waals surface area contributed by atoms with E-state index in [1.54, 1.807) is 9.80 Å². The molecule has 198 valence electrons. The van der Waals surface area contributed by atoms with Crippen LogP contribution in [0, 0.1) is 0 Å². The summed E-state index contributed by atoms with van der Waals surface area (Å²) in [6.07, 6.45) is 0. The molecule has 2 amide bonds. The van der Waals surface area contributed by atoms with E-state index in [1.807, 2.05) is 146 Å². The summed E-state index contributed by atoms with van der Waals surface area (Å²) in [5, 5.41) is 0. The standard InChI is InChI=1S/C34H28N2O2S2/c37-33(25-39-31-17-9-3-10-18-31)35(27-13-5-1-6-14-27)29-21-23-30(24-22-29)36(28-15-7-2-8-16-28)34(38)26-40-32-19-11-4-12-20-32/h1-24H,25-26H2. The number of hydrogen-bond acceptors (Lipinski definition) is 4. The molecule has 5 aromatic rings. The molecule has 40 heavy (non-hydrogen) atoms. The zero-order valence-electron chi connectivity index (χ0n) is 21.8. The minimum absolute atomic E-state index is 0.0249. The van der Waals surface area contributed by atoms with Gasteiger partial charge < -0.3 is 0 Å². The van der Waals surface area contributed by atoms with Crippen LogP contribution in [0.5, 0.6) is 0 Å². The monoisotopic (exact) mass is 560 g/mol. The van der Waals surface area contributed by atoms with Crippen molar-refractivity contribution in [3.63, 3.8) is 0 Å². The van der Waals surface area contributed by atoms with Crippen LogP contribution in [0.3, 0.4) is 0 Å². The maximum atomic E-state index is 13.5. The van der Waals surface area contributed by atoms with Crippen LogP contribution in [0.2, 0.25) is 0 Å². The molecule has 6 heteroatoms. The van der Waals surface area contributed by atoms with Crippen LogP contribution in [0.15, 0.2) is 155 Å². The van der Waals surface area contributed by atoms with E-state index >= 15 is 0 Å². The quantitative estimate of drug-likeness (QED) is 0.160. The molecule has 5 aromatic carbocycles. The molecule has 0 spiro atoms. The van der Waals surface area contributed by atoms with Crippen molar-refractivity contribution in [2.24, 2.45) is 0 Å². The third-order valence-corrected chi connectivity index (χ3v) is 8.10. The number of carbonyl (C=O) groups excluding carboxylic acids is 2. The number of anilines is 4. The molecule has 0 aliphatic rings. The molecular weight excluding hydrogens is 533 g/mol. The molecule has 0 fully saturated rings. The van der Waals surface area contributed by atoms with Gasteiger partial charge in [0.1, 0.15) is 0 Å². The lowest BCUT2D eigenvalue weighted by atomic mass is 10.2. The van der Waals surface area contributed by atoms with Crippen molar-refractivity contribution in [1.29, 1.82) is 0 Å². The van der Waals surface area contributed by atoms with Crippen LogP contribution in [-0.4, -0.2) is 23.3 Å². The number of benzene rings is 5. The lowest BCUT2D eigenvalue weighted by Gasteiger charge is -2.26. The Labute approximate surface area is 243 Å². The summed E-state index contributed by atoms with van der Waals surface area (Å²) in [5.41, 5.74) is 3.08. The van der Waals surface area contributed by atoms with Crippen molar-refractivity contribution in [1.82, 2.24) is 0 Å². The number of thioether (sulfide) groups is 2. The summed E-state index contributed by atoms with van der Waals surface area (Å²) in [7, 11) is 0. The van der Waals surface area contributed by atoms with Crippen LogP contribution >= 0.6 is 23.5 Å². The van der Waals surface area contributed by atoms with Crippen molar-refractivity contribution in [3.05, 3.63) is 146 Å². The lowest BCUT2D eigenvalue weighted by molar-refractivity contribution is -0.116. The van der Waals surface area contributed by atoms with Crippen LogP contribution in [-0.2, 0) is 9.59 Å². The summed E-state index contributed by atoms with van der Waals surface area (Å²) in [5.74, 6) is 0.545. The molecule has 0 N–H and O–H groups in total. The molecule has 0 unspecified atom stereocenters. The van der Waals surface area contributed by atoms with Crippen molar-refractivity contribution in [3.8, 4) is 0 Å². The predicted octanol–water partition coefficient (Wildman–Crippen LogP) is 8.60. The molecule has 0 aliphatic carbocycles. The number of rotatable bonds is 10. The summed E-state index contributed by atoms with van der Waals surface area (Å²) < 4.78 is 0. The fraction of sp³-hybridized carbons (Fsp3) is 0.0588. The molecule has 5 rings (SSSR count). The van der Waals surface area contributed by atoms with Gasteiger partial charge >= 0.3 is 0 Å². The van der Waals surface area contributed by atoms with Crippen molar-refractivity contribution >= 4 is 58.1 Å². The van der Waals surface area contributed by atoms with Crippen molar-refractivity contribution in [2.45, 2.75) is 9.79 Å². The number of nitrogens with zero attached hydrogens (tertiary/aromatic N) is 2.